The fourth-order valence-corrected chi connectivity index (χ4v) is 1.73. The van der Waals surface area contributed by atoms with Gasteiger partial charge in [0, 0.05) is 18.9 Å². The number of amides is 1. The SMILES string of the molecule is CCCCOCCCNCC(=O)Nc1ccc(OC)cc1. The van der Waals surface area contributed by atoms with Crippen LogP contribution in [0.5, 0.6) is 5.75 Å². The molecule has 1 amide bonds. The lowest BCUT2D eigenvalue weighted by Crippen LogP contribution is -2.29. The van der Waals surface area contributed by atoms with Crippen molar-refractivity contribution < 1.29 is 14.3 Å². The molecule has 5 heteroatoms. The highest BCUT2D eigenvalue weighted by molar-refractivity contribution is 5.92. The lowest BCUT2D eigenvalue weighted by atomic mass is 10.3. The zero-order chi connectivity index (χ0) is 15.3. The van der Waals surface area contributed by atoms with E-state index in [2.05, 4.69) is 17.6 Å². The van der Waals surface area contributed by atoms with Crippen LogP contribution in [0.1, 0.15) is 26.2 Å². The van der Waals surface area contributed by atoms with Gasteiger partial charge in [0.15, 0.2) is 0 Å². The molecule has 0 aliphatic carbocycles. The number of rotatable bonds is 11. The van der Waals surface area contributed by atoms with Crippen molar-refractivity contribution in [2.24, 2.45) is 0 Å². The van der Waals surface area contributed by atoms with Crippen molar-refractivity contribution in [3.63, 3.8) is 0 Å². The van der Waals surface area contributed by atoms with Crippen LogP contribution in [0.4, 0.5) is 5.69 Å². The van der Waals surface area contributed by atoms with Crippen LogP contribution >= 0.6 is 0 Å². The summed E-state index contributed by atoms with van der Waals surface area (Å²) in [7, 11) is 1.61. The number of anilines is 1. The Kier molecular flexibility index (Phi) is 9.24. The summed E-state index contributed by atoms with van der Waals surface area (Å²) in [5.74, 6) is 0.723. The molecule has 0 fully saturated rings. The molecule has 0 aromatic heterocycles. The van der Waals surface area contributed by atoms with Crippen LogP contribution in [0.2, 0.25) is 0 Å². The quantitative estimate of drug-likeness (QED) is 0.615. The third-order valence-corrected chi connectivity index (χ3v) is 2.94. The summed E-state index contributed by atoms with van der Waals surface area (Å²) in [6.45, 7) is 4.80. The van der Waals surface area contributed by atoms with Crippen molar-refractivity contribution in [3.8, 4) is 5.75 Å². The number of methoxy groups -OCH3 is 1. The van der Waals surface area contributed by atoms with E-state index in [1.165, 1.54) is 0 Å². The van der Waals surface area contributed by atoms with Crippen LogP contribution in [-0.4, -0.2) is 39.3 Å². The molecule has 1 aromatic rings. The van der Waals surface area contributed by atoms with Gasteiger partial charge < -0.3 is 20.1 Å². The van der Waals surface area contributed by atoms with Crippen molar-refractivity contribution in [2.75, 3.05) is 38.7 Å². The van der Waals surface area contributed by atoms with Crippen molar-refractivity contribution in [1.82, 2.24) is 5.32 Å². The second-order valence-corrected chi connectivity index (χ2v) is 4.77. The molecule has 0 radical (unpaired) electrons. The topological polar surface area (TPSA) is 59.6 Å². The first-order valence-electron chi connectivity index (χ1n) is 7.48. The van der Waals surface area contributed by atoms with Gasteiger partial charge in [-0.3, -0.25) is 4.79 Å². The summed E-state index contributed by atoms with van der Waals surface area (Å²) in [6, 6.07) is 7.27. The van der Waals surface area contributed by atoms with Crippen LogP contribution in [0.3, 0.4) is 0 Å². The van der Waals surface area contributed by atoms with E-state index in [1.807, 2.05) is 24.3 Å². The maximum atomic E-state index is 11.7. The van der Waals surface area contributed by atoms with E-state index in [0.717, 1.165) is 50.5 Å². The monoisotopic (exact) mass is 294 g/mol. The number of carbonyl (C=O) groups excluding carboxylic acids is 1. The Morgan fingerprint density at radius 1 is 1.14 bits per heavy atom. The molecule has 118 valence electrons. The largest absolute Gasteiger partial charge is 0.497 e. The van der Waals surface area contributed by atoms with Crippen molar-refractivity contribution in [2.45, 2.75) is 26.2 Å². The lowest BCUT2D eigenvalue weighted by Gasteiger charge is -2.08. The summed E-state index contributed by atoms with van der Waals surface area (Å²) in [6.07, 6.45) is 3.18. The first-order chi connectivity index (χ1) is 10.3. The van der Waals surface area contributed by atoms with E-state index in [9.17, 15) is 4.79 Å². The molecule has 21 heavy (non-hydrogen) atoms. The smallest absolute Gasteiger partial charge is 0.238 e. The Morgan fingerprint density at radius 2 is 1.86 bits per heavy atom. The van der Waals surface area contributed by atoms with E-state index in [0.29, 0.717) is 6.54 Å². The van der Waals surface area contributed by atoms with Crippen molar-refractivity contribution >= 4 is 11.6 Å². The normalized spacial score (nSPS) is 10.4. The highest BCUT2D eigenvalue weighted by Crippen LogP contribution is 2.14. The van der Waals surface area contributed by atoms with E-state index in [-0.39, 0.29) is 5.91 Å². The lowest BCUT2D eigenvalue weighted by molar-refractivity contribution is -0.115. The van der Waals surface area contributed by atoms with E-state index in [4.69, 9.17) is 9.47 Å². The van der Waals surface area contributed by atoms with Gasteiger partial charge in [-0.2, -0.15) is 0 Å². The van der Waals surface area contributed by atoms with Gasteiger partial charge in [0.1, 0.15) is 5.75 Å². The average molecular weight is 294 g/mol. The van der Waals surface area contributed by atoms with Gasteiger partial charge in [0.25, 0.3) is 0 Å². The number of unbranched alkanes of at least 4 members (excludes halogenated alkanes) is 1. The van der Waals surface area contributed by atoms with Crippen LogP contribution < -0.4 is 15.4 Å². The number of hydrogen-bond acceptors (Lipinski definition) is 4. The predicted octanol–water partition coefficient (Wildman–Crippen LogP) is 2.43. The average Bonchev–Trinajstić information content (AvgIpc) is 2.50. The summed E-state index contributed by atoms with van der Waals surface area (Å²) in [5, 5.41) is 5.93. The number of benzene rings is 1. The fraction of sp³-hybridized carbons (Fsp3) is 0.562. The maximum Gasteiger partial charge on any atom is 0.238 e. The minimum absolute atomic E-state index is 0.0490. The van der Waals surface area contributed by atoms with E-state index >= 15 is 0 Å². The molecule has 0 saturated carbocycles. The first-order valence-corrected chi connectivity index (χ1v) is 7.48. The highest BCUT2D eigenvalue weighted by Gasteiger charge is 2.01. The number of nitrogens with one attached hydrogen (secondary N) is 2. The van der Waals surface area contributed by atoms with Gasteiger partial charge in [-0.1, -0.05) is 13.3 Å². The van der Waals surface area contributed by atoms with Crippen LogP contribution in [0, 0.1) is 0 Å². The molecule has 0 bridgehead atoms. The standard InChI is InChI=1S/C16H26N2O3/c1-3-4-11-21-12-5-10-17-13-16(19)18-14-6-8-15(20-2)9-7-14/h6-9,17H,3-5,10-13H2,1-2H3,(H,18,19). The Hall–Kier alpha value is -1.59. The Bertz CT molecular complexity index is 393. The van der Waals surface area contributed by atoms with Gasteiger partial charge in [0.05, 0.1) is 13.7 Å². The van der Waals surface area contributed by atoms with Crippen LogP contribution in [0.15, 0.2) is 24.3 Å². The molecular weight excluding hydrogens is 268 g/mol. The summed E-state index contributed by atoms with van der Waals surface area (Å²) >= 11 is 0. The molecule has 1 aromatic carbocycles. The van der Waals surface area contributed by atoms with Crippen LogP contribution in [-0.2, 0) is 9.53 Å². The molecule has 5 nitrogen and oxygen atoms in total. The minimum atomic E-state index is -0.0490. The predicted molar refractivity (Wildman–Crippen MR) is 84.8 cm³/mol. The Balaban J connectivity index is 2.05. The summed E-state index contributed by atoms with van der Waals surface area (Å²) < 4.78 is 10.5. The van der Waals surface area contributed by atoms with Gasteiger partial charge in [-0.05, 0) is 43.7 Å². The second-order valence-electron chi connectivity index (χ2n) is 4.77. The summed E-state index contributed by atoms with van der Waals surface area (Å²) in [5.41, 5.74) is 0.769. The van der Waals surface area contributed by atoms with E-state index < -0.39 is 0 Å². The molecule has 1 rings (SSSR count). The number of hydrogen-bond donors (Lipinski definition) is 2. The van der Waals surface area contributed by atoms with Crippen molar-refractivity contribution in [1.29, 1.82) is 0 Å². The van der Waals surface area contributed by atoms with Gasteiger partial charge in [0.2, 0.25) is 5.91 Å². The van der Waals surface area contributed by atoms with Crippen LogP contribution in [0.25, 0.3) is 0 Å². The molecule has 0 aliphatic rings. The second kappa shape index (κ2) is 11.1. The molecule has 0 heterocycles. The number of ether oxygens (including phenoxy) is 2. The first kappa shape index (κ1) is 17.5. The highest BCUT2D eigenvalue weighted by atomic mass is 16.5. The maximum absolute atomic E-state index is 11.7. The van der Waals surface area contributed by atoms with Crippen molar-refractivity contribution in [3.05, 3.63) is 24.3 Å². The molecule has 2 N–H and O–H groups in total. The third-order valence-electron chi connectivity index (χ3n) is 2.94. The van der Waals surface area contributed by atoms with Gasteiger partial charge in [-0.15, -0.1) is 0 Å². The molecule has 0 aliphatic heterocycles. The minimum Gasteiger partial charge on any atom is -0.497 e. The molecular formula is C16H26N2O3. The fourth-order valence-electron chi connectivity index (χ4n) is 1.73. The van der Waals surface area contributed by atoms with Gasteiger partial charge >= 0.3 is 0 Å². The van der Waals surface area contributed by atoms with E-state index in [1.54, 1.807) is 7.11 Å². The summed E-state index contributed by atoms with van der Waals surface area (Å²) in [4.78, 5) is 11.7. The number of carbonyl (C=O) groups is 1. The third kappa shape index (κ3) is 8.32. The zero-order valence-electron chi connectivity index (χ0n) is 13.0. The van der Waals surface area contributed by atoms with Gasteiger partial charge in [-0.25, -0.2) is 0 Å². The zero-order valence-corrected chi connectivity index (χ0v) is 13.0. The molecule has 0 spiro atoms. The molecule has 0 atom stereocenters. The molecule has 0 unspecified atom stereocenters. The Labute approximate surface area is 127 Å². The molecule has 0 saturated heterocycles. The Morgan fingerprint density at radius 3 is 2.52 bits per heavy atom.